The molecule has 2 heteroatoms. The summed E-state index contributed by atoms with van der Waals surface area (Å²) in [6.45, 7) is 12.8. The predicted molar refractivity (Wildman–Crippen MR) is 83.2 cm³/mol. The number of hydrogen-bond acceptors (Lipinski definition) is 2. The van der Waals surface area contributed by atoms with Crippen molar-refractivity contribution < 1.29 is 10.2 Å². The summed E-state index contributed by atoms with van der Waals surface area (Å²) >= 11 is 0. The lowest BCUT2D eigenvalue weighted by Crippen LogP contribution is -2.48. The van der Waals surface area contributed by atoms with Crippen molar-refractivity contribution in [2.75, 3.05) is 0 Å². The van der Waals surface area contributed by atoms with E-state index in [0.29, 0.717) is 24.7 Å². The minimum Gasteiger partial charge on any atom is -0.390 e. The molecule has 0 aliphatic heterocycles. The third-order valence-electron chi connectivity index (χ3n) is 3.97. The Morgan fingerprint density at radius 2 is 1.42 bits per heavy atom. The van der Waals surface area contributed by atoms with E-state index in [0.717, 1.165) is 25.7 Å². The van der Waals surface area contributed by atoms with Crippen LogP contribution in [0.15, 0.2) is 0 Å². The van der Waals surface area contributed by atoms with Gasteiger partial charge in [-0.15, -0.1) is 0 Å². The summed E-state index contributed by atoms with van der Waals surface area (Å²) in [4.78, 5) is 0. The average Bonchev–Trinajstić information content (AvgIpc) is 2.27. The Bertz CT molecular complexity index is 213. The maximum Gasteiger partial charge on any atom is 0.0913 e. The van der Waals surface area contributed by atoms with E-state index in [1.165, 1.54) is 0 Å². The lowest BCUT2D eigenvalue weighted by Gasteiger charge is -2.40. The van der Waals surface area contributed by atoms with Crippen molar-refractivity contribution >= 4 is 0 Å². The predicted octanol–water partition coefficient (Wildman–Crippen LogP) is 4.39. The van der Waals surface area contributed by atoms with Crippen LogP contribution in [-0.4, -0.2) is 21.9 Å². The van der Waals surface area contributed by atoms with Crippen LogP contribution in [0.2, 0.25) is 0 Å². The lowest BCUT2D eigenvalue weighted by atomic mass is 9.74. The number of aliphatic hydroxyl groups excluding tert-OH is 1. The quantitative estimate of drug-likeness (QED) is 0.619. The standard InChI is InChI=1S/C17H36O2/c1-7-9-10-15(8-2)16(18)17(19,11-13(3)4)12-14(5)6/h13-16,18-19H,7-12H2,1-6H3. The van der Waals surface area contributed by atoms with E-state index in [1.54, 1.807) is 0 Å². The Morgan fingerprint density at radius 1 is 0.947 bits per heavy atom. The monoisotopic (exact) mass is 272 g/mol. The Morgan fingerprint density at radius 3 is 1.74 bits per heavy atom. The summed E-state index contributed by atoms with van der Waals surface area (Å²) < 4.78 is 0. The van der Waals surface area contributed by atoms with Gasteiger partial charge in [-0.25, -0.2) is 0 Å². The molecule has 0 rings (SSSR count). The molecule has 0 saturated carbocycles. The molecule has 0 radical (unpaired) electrons. The van der Waals surface area contributed by atoms with Crippen LogP contribution >= 0.6 is 0 Å². The minimum atomic E-state index is -0.920. The minimum absolute atomic E-state index is 0.224. The molecule has 0 aliphatic rings. The van der Waals surface area contributed by atoms with E-state index in [2.05, 4.69) is 41.5 Å². The van der Waals surface area contributed by atoms with Gasteiger partial charge in [0.2, 0.25) is 0 Å². The fraction of sp³-hybridized carbons (Fsp3) is 1.00. The van der Waals surface area contributed by atoms with Gasteiger partial charge in [0, 0.05) is 0 Å². The third kappa shape index (κ3) is 6.76. The van der Waals surface area contributed by atoms with Crippen molar-refractivity contribution in [3.8, 4) is 0 Å². The summed E-state index contributed by atoms with van der Waals surface area (Å²) in [7, 11) is 0. The highest BCUT2D eigenvalue weighted by Gasteiger charge is 2.40. The summed E-state index contributed by atoms with van der Waals surface area (Å²) in [5.74, 6) is 1.03. The molecule has 0 aliphatic carbocycles. The maximum atomic E-state index is 11.0. The normalized spacial score (nSPS) is 16.1. The number of hydrogen-bond donors (Lipinski definition) is 2. The van der Waals surface area contributed by atoms with Gasteiger partial charge in [0.05, 0.1) is 11.7 Å². The summed E-state index contributed by atoms with van der Waals surface area (Å²) in [5.41, 5.74) is -0.920. The Kier molecular flexibility index (Phi) is 8.93. The van der Waals surface area contributed by atoms with Gasteiger partial charge in [0.15, 0.2) is 0 Å². The number of aliphatic hydroxyl groups is 2. The second kappa shape index (κ2) is 8.97. The molecule has 2 atom stereocenters. The summed E-state index contributed by atoms with van der Waals surface area (Å²) in [5, 5.41) is 21.7. The Balaban J connectivity index is 4.88. The first-order valence-corrected chi connectivity index (χ1v) is 8.17. The zero-order chi connectivity index (χ0) is 15.1. The van der Waals surface area contributed by atoms with Crippen molar-refractivity contribution in [2.24, 2.45) is 17.8 Å². The first kappa shape index (κ1) is 18.9. The van der Waals surface area contributed by atoms with E-state index >= 15 is 0 Å². The molecular formula is C17H36O2. The molecule has 2 N–H and O–H groups in total. The summed E-state index contributed by atoms with van der Waals surface area (Å²) in [6.07, 6.45) is 5.04. The molecule has 0 aromatic rings. The van der Waals surface area contributed by atoms with Crippen LogP contribution in [0.5, 0.6) is 0 Å². The first-order valence-electron chi connectivity index (χ1n) is 8.17. The van der Waals surface area contributed by atoms with Gasteiger partial charge in [-0.3, -0.25) is 0 Å². The molecule has 19 heavy (non-hydrogen) atoms. The lowest BCUT2D eigenvalue weighted by molar-refractivity contribution is -0.124. The van der Waals surface area contributed by atoms with Crippen LogP contribution in [0, 0.1) is 17.8 Å². The molecule has 0 aromatic carbocycles. The van der Waals surface area contributed by atoms with Crippen molar-refractivity contribution in [1.29, 1.82) is 0 Å². The SMILES string of the molecule is CCCCC(CC)C(O)C(O)(CC(C)C)CC(C)C. The van der Waals surface area contributed by atoms with Crippen molar-refractivity contribution in [2.45, 2.75) is 91.8 Å². The second-order valence-corrected chi connectivity index (χ2v) is 7.05. The molecule has 0 heterocycles. The Labute approximate surface area is 120 Å². The first-order chi connectivity index (χ1) is 8.76. The topological polar surface area (TPSA) is 40.5 Å². The van der Waals surface area contributed by atoms with E-state index in [-0.39, 0.29) is 5.92 Å². The molecule has 0 aromatic heterocycles. The van der Waals surface area contributed by atoms with E-state index in [9.17, 15) is 10.2 Å². The highest BCUT2D eigenvalue weighted by molar-refractivity contribution is 4.91. The number of unbranched alkanes of at least 4 members (excludes halogenated alkanes) is 1. The van der Waals surface area contributed by atoms with E-state index in [4.69, 9.17) is 0 Å². The summed E-state index contributed by atoms with van der Waals surface area (Å²) in [6, 6.07) is 0. The molecule has 2 nitrogen and oxygen atoms in total. The van der Waals surface area contributed by atoms with Crippen LogP contribution in [0.3, 0.4) is 0 Å². The molecule has 0 fully saturated rings. The molecule has 116 valence electrons. The Hall–Kier alpha value is -0.0800. The van der Waals surface area contributed by atoms with Gasteiger partial charge in [-0.1, -0.05) is 60.8 Å². The van der Waals surface area contributed by atoms with E-state index < -0.39 is 11.7 Å². The van der Waals surface area contributed by atoms with Gasteiger partial charge in [-0.2, -0.15) is 0 Å². The largest absolute Gasteiger partial charge is 0.390 e. The second-order valence-electron chi connectivity index (χ2n) is 7.05. The molecule has 0 amide bonds. The fourth-order valence-corrected chi connectivity index (χ4v) is 3.23. The highest BCUT2D eigenvalue weighted by atomic mass is 16.3. The molecule has 0 saturated heterocycles. The zero-order valence-corrected chi connectivity index (χ0v) is 13.9. The molecular weight excluding hydrogens is 236 g/mol. The maximum absolute atomic E-state index is 11.0. The van der Waals surface area contributed by atoms with Crippen LogP contribution < -0.4 is 0 Å². The number of rotatable bonds is 10. The van der Waals surface area contributed by atoms with Gasteiger partial charge < -0.3 is 10.2 Å². The fourth-order valence-electron chi connectivity index (χ4n) is 3.23. The van der Waals surface area contributed by atoms with Crippen LogP contribution in [0.25, 0.3) is 0 Å². The molecule has 0 spiro atoms. The van der Waals surface area contributed by atoms with Gasteiger partial charge in [-0.05, 0) is 37.0 Å². The smallest absolute Gasteiger partial charge is 0.0913 e. The van der Waals surface area contributed by atoms with Gasteiger partial charge >= 0.3 is 0 Å². The average molecular weight is 272 g/mol. The van der Waals surface area contributed by atoms with E-state index in [1.807, 2.05) is 0 Å². The highest BCUT2D eigenvalue weighted by Crippen LogP contribution is 2.34. The van der Waals surface area contributed by atoms with Crippen molar-refractivity contribution in [3.63, 3.8) is 0 Å². The molecule has 2 unspecified atom stereocenters. The van der Waals surface area contributed by atoms with Crippen LogP contribution in [0.1, 0.15) is 80.1 Å². The molecule has 0 bridgehead atoms. The zero-order valence-electron chi connectivity index (χ0n) is 13.9. The van der Waals surface area contributed by atoms with Crippen molar-refractivity contribution in [3.05, 3.63) is 0 Å². The van der Waals surface area contributed by atoms with Gasteiger partial charge in [0.25, 0.3) is 0 Å². The van der Waals surface area contributed by atoms with Crippen LogP contribution in [0.4, 0.5) is 0 Å². The third-order valence-corrected chi connectivity index (χ3v) is 3.97. The van der Waals surface area contributed by atoms with Crippen LogP contribution in [-0.2, 0) is 0 Å². The van der Waals surface area contributed by atoms with Crippen molar-refractivity contribution in [1.82, 2.24) is 0 Å². The van der Waals surface area contributed by atoms with Gasteiger partial charge in [0.1, 0.15) is 0 Å².